The van der Waals surface area contributed by atoms with Crippen LogP contribution in [0.5, 0.6) is 0 Å². The third-order valence-electron chi connectivity index (χ3n) is 7.27. The number of fused-ring (bicyclic) bond motifs is 1. The van der Waals surface area contributed by atoms with Gasteiger partial charge in [0.25, 0.3) is 0 Å². The first-order valence-electron chi connectivity index (χ1n) is 10.1. The Balaban J connectivity index is 1.41. The minimum Gasteiger partial charge on any atom is -0.460 e. The van der Waals surface area contributed by atoms with Gasteiger partial charge in [-0.3, -0.25) is 4.79 Å². The fourth-order valence-electron chi connectivity index (χ4n) is 6.26. The summed E-state index contributed by atoms with van der Waals surface area (Å²) >= 11 is 0. The maximum Gasteiger partial charge on any atom is 0.336 e. The minimum atomic E-state index is -0.397. The molecule has 2 aromatic rings. The molecule has 1 aromatic heterocycles. The van der Waals surface area contributed by atoms with Crippen molar-refractivity contribution in [2.75, 3.05) is 0 Å². The molecule has 142 valence electrons. The lowest BCUT2D eigenvalue weighted by Gasteiger charge is -2.55. The molecule has 4 bridgehead atoms. The SMILES string of the molecule is Cc1cc2oc(=O)cc(COC(=O)C34CC5CC(CC(C5)C3)C4)c2cc1C. The molecular weight excluding hydrogens is 340 g/mol. The summed E-state index contributed by atoms with van der Waals surface area (Å²) in [6, 6.07) is 5.36. The van der Waals surface area contributed by atoms with Gasteiger partial charge in [0, 0.05) is 17.0 Å². The van der Waals surface area contributed by atoms with Crippen LogP contribution in [-0.4, -0.2) is 5.97 Å². The predicted molar refractivity (Wildman–Crippen MR) is 102 cm³/mol. The highest BCUT2D eigenvalue weighted by molar-refractivity contribution is 5.82. The second-order valence-corrected chi connectivity index (χ2v) is 9.30. The molecule has 4 heteroatoms. The van der Waals surface area contributed by atoms with Crippen LogP contribution in [0.3, 0.4) is 0 Å². The molecule has 6 rings (SSSR count). The smallest absolute Gasteiger partial charge is 0.336 e. The van der Waals surface area contributed by atoms with Crippen molar-refractivity contribution in [1.82, 2.24) is 0 Å². The molecule has 1 heterocycles. The fraction of sp³-hybridized carbons (Fsp3) is 0.565. The Labute approximate surface area is 158 Å². The van der Waals surface area contributed by atoms with Crippen LogP contribution in [0.25, 0.3) is 11.0 Å². The first-order chi connectivity index (χ1) is 12.9. The molecule has 4 aliphatic carbocycles. The monoisotopic (exact) mass is 366 g/mol. The highest BCUT2D eigenvalue weighted by Crippen LogP contribution is 2.60. The number of hydrogen-bond donors (Lipinski definition) is 0. The number of benzene rings is 1. The summed E-state index contributed by atoms with van der Waals surface area (Å²) in [6.07, 6.45) is 6.88. The van der Waals surface area contributed by atoms with E-state index in [4.69, 9.17) is 9.15 Å². The van der Waals surface area contributed by atoms with E-state index in [2.05, 4.69) is 0 Å². The standard InChI is InChI=1S/C23H26O4/c1-13-3-19-18(8-21(24)27-20(19)4-14(13)2)12-26-22(25)23-9-15-5-16(10-23)7-17(6-15)11-23/h3-4,8,15-17H,5-7,9-12H2,1-2H3. The molecule has 4 fully saturated rings. The average Bonchev–Trinajstić information content (AvgIpc) is 2.59. The first-order valence-corrected chi connectivity index (χ1v) is 10.1. The predicted octanol–water partition coefficient (Wildman–Crippen LogP) is 4.67. The van der Waals surface area contributed by atoms with Crippen molar-refractivity contribution in [2.24, 2.45) is 23.2 Å². The van der Waals surface area contributed by atoms with Gasteiger partial charge >= 0.3 is 11.6 Å². The molecule has 4 nitrogen and oxygen atoms in total. The van der Waals surface area contributed by atoms with Gasteiger partial charge in [-0.15, -0.1) is 0 Å². The zero-order chi connectivity index (χ0) is 18.8. The fourth-order valence-corrected chi connectivity index (χ4v) is 6.26. The molecule has 0 saturated heterocycles. The summed E-state index contributed by atoms with van der Waals surface area (Å²) in [5, 5.41) is 0.857. The number of ether oxygens (including phenoxy) is 1. The second kappa shape index (κ2) is 5.95. The summed E-state index contributed by atoms with van der Waals surface area (Å²) in [4.78, 5) is 25.0. The van der Waals surface area contributed by atoms with Gasteiger partial charge in [-0.05, 0) is 93.4 Å². The molecule has 0 aliphatic heterocycles. The number of aryl methyl sites for hydroxylation is 2. The van der Waals surface area contributed by atoms with Crippen LogP contribution < -0.4 is 5.63 Å². The second-order valence-electron chi connectivity index (χ2n) is 9.30. The van der Waals surface area contributed by atoms with Crippen LogP contribution in [0.4, 0.5) is 0 Å². The lowest BCUT2D eigenvalue weighted by atomic mass is 9.49. The summed E-state index contributed by atoms with van der Waals surface area (Å²) < 4.78 is 11.2. The summed E-state index contributed by atoms with van der Waals surface area (Å²) in [6.45, 7) is 4.17. The Morgan fingerprint density at radius 3 is 2.26 bits per heavy atom. The Bertz CT molecular complexity index is 948. The number of rotatable bonds is 3. The van der Waals surface area contributed by atoms with Crippen molar-refractivity contribution in [2.45, 2.75) is 59.0 Å². The van der Waals surface area contributed by atoms with Crippen molar-refractivity contribution in [3.63, 3.8) is 0 Å². The van der Waals surface area contributed by atoms with Crippen LogP contribution in [0, 0.1) is 37.0 Å². The number of esters is 1. The Hall–Kier alpha value is -2.10. The van der Waals surface area contributed by atoms with Crippen molar-refractivity contribution >= 4 is 16.9 Å². The third-order valence-corrected chi connectivity index (χ3v) is 7.27. The van der Waals surface area contributed by atoms with Crippen molar-refractivity contribution < 1.29 is 13.9 Å². The molecule has 0 spiro atoms. The minimum absolute atomic E-state index is 0.0492. The van der Waals surface area contributed by atoms with E-state index in [0.29, 0.717) is 23.3 Å². The summed E-state index contributed by atoms with van der Waals surface area (Å²) in [5.74, 6) is 2.07. The van der Waals surface area contributed by atoms with Gasteiger partial charge in [-0.1, -0.05) is 0 Å². The molecule has 4 aliphatic rings. The van der Waals surface area contributed by atoms with E-state index in [9.17, 15) is 9.59 Å². The summed E-state index contributed by atoms with van der Waals surface area (Å²) in [7, 11) is 0. The highest BCUT2D eigenvalue weighted by Gasteiger charge is 2.55. The van der Waals surface area contributed by atoms with Crippen LogP contribution in [0.15, 0.2) is 27.4 Å². The van der Waals surface area contributed by atoms with Gasteiger partial charge in [0.2, 0.25) is 0 Å². The van der Waals surface area contributed by atoms with E-state index in [0.717, 1.165) is 41.3 Å². The van der Waals surface area contributed by atoms with E-state index < -0.39 is 5.63 Å². The Kier molecular flexibility index (Phi) is 3.75. The molecule has 4 saturated carbocycles. The van der Waals surface area contributed by atoms with Gasteiger partial charge < -0.3 is 9.15 Å². The van der Waals surface area contributed by atoms with Gasteiger partial charge in [0.1, 0.15) is 12.2 Å². The van der Waals surface area contributed by atoms with E-state index in [-0.39, 0.29) is 18.0 Å². The largest absolute Gasteiger partial charge is 0.460 e. The van der Waals surface area contributed by atoms with Gasteiger partial charge in [0.05, 0.1) is 5.41 Å². The number of hydrogen-bond acceptors (Lipinski definition) is 4. The first kappa shape index (κ1) is 17.0. The number of carbonyl (C=O) groups is 1. The van der Waals surface area contributed by atoms with Crippen LogP contribution in [0.1, 0.15) is 55.2 Å². The van der Waals surface area contributed by atoms with Crippen LogP contribution in [-0.2, 0) is 16.1 Å². The molecule has 1 aromatic carbocycles. The Morgan fingerprint density at radius 2 is 1.63 bits per heavy atom. The van der Waals surface area contributed by atoms with Crippen molar-refractivity contribution in [3.8, 4) is 0 Å². The van der Waals surface area contributed by atoms with Crippen LogP contribution in [0.2, 0.25) is 0 Å². The zero-order valence-electron chi connectivity index (χ0n) is 16.0. The molecule has 27 heavy (non-hydrogen) atoms. The molecule has 0 unspecified atom stereocenters. The van der Waals surface area contributed by atoms with Crippen molar-refractivity contribution in [3.05, 3.63) is 45.3 Å². The third kappa shape index (κ3) is 2.81. The van der Waals surface area contributed by atoms with Gasteiger partial charge in [0.15, 0.2) is 0 Å². The lowest BCUT2D eigenvalue weighted by Crippen LogP contribution is -2.50. The molecule has 0 atom stereocenters. The van der Waals surface area contributed by atoms with Crippen molar-refractivity contribution in [1.29, 1.82) is 0 Å². The normalized spacial score (nSPS) is 31.4. The molecule has 0 amide bonds. The molecular formula is C23H26O4. The highest BCUT2D eigenvalue weighted by atomic mass is 16.5. The van der Waals surface area contributed by atoms with E-state index >= 15 is 0 Å². The van der Waals surface area contributed by atoms with Crippen LogP contribution >= 0.6 is 0 Å². The maximum atomic E-state index is 13.1. The number of carbonyl (C=O) groups excluding carboxylic acids is 1. The molecule has 0 N–H and O–H groups in total. The van der Waals surface area contributed by atoms with E-state index in [1.807, 2.05) is 26.0 Å². The maximum absolute atomic E-state index is 13.1. The zero-order valence-corrected chi connectivity index (χ0v) is 16.0. The van der Waals surface area contributed by atoms with Gasteiger partial charge in [-0.25, -0.2) is 4.79 Å². The lowest BCUT2D eigenvalue weighted by molar-refractivity contribution is -0.172. The quantitative estimate of drug-likeness (QED) is 0.585. The Morgan fingerprint density at radius 1 is 1.04 bits per heavy atom. The molecule has 0 radical (unpaired) electrons. The summed E-state index contributed by atoms with van der Waals surface area (Å²) in [5.41, 5.74) is 2.84. The average molecular weight is 366 g/mol. The van der Waals surface area contributed by atoms with Gasteiger partial charge in [-0.2, -0.15) is 0 Å². The van der Waals surface area contributed by atoms with E-state index in [1.54, 1.807) is 0 Å². The topological polar surface area (TPSA) is 56.5 Å². The van der Waals surface area contributed by atoms with E-state index in [1.165, 1.54) is 25.3 Å².